The molecule has 0 atom stereocenters. The third-order valence-corrected chi connectivity index (χ3v) is 3.79. The second-order valence-electron chi connectivity index (χ2n) is 5.45. The first kappa shape index (κ1) is 14.4. The number of ether oxygens (including phenoxy) is 1. The smallest absolute Gasteiger partial charge is 0.153 e. The molecule has 0 aliphatic carbocycles. The third kappa shape index (κ3) is 2.84. The highest BCUT2D eigenvalue weighted by Crippen LogP contribution is 2.34. The minimum Gasteiger partial charge on any atom is -0.454 e. The Bertz CT molecular complexity index is 928. The number of allylic oxidation sites excluding steroid dienone is 1. The van der Waals surface area contributed by atoms with Gasteiger partial charge in [0.2, 0.25) is 0 Å². The van der Waals surface area contributed by atoms with Gasteiger partial charge in [0.1, 0.15) is 17.3 Å². The molecule has 1 heterocycles. The summed E-state index contributed by atoms with van der Waals surface area (Å²) in [5.41, 5.74) is 3.37. The van der Waals surface area contributed by atoms with Crippen LogP contribution in [-0.4, -0.2) is 5.71 Å². The lowest BCUT2D eigenvalue weighted by Gasteiger charge is -2.10. The average Bonchev–Trinajstić information content (AvgIpc) is 2.83. The van der Waals surface area contributed by atoms with Gasteiger partial charge in [0.05, 0.1) is 5.71 Å². The van der Waals surface area contributed by atoms with E-state index in [2.05, 4.69) is 0 Å². The van der Waals surface area contributed by atoms with Crippen molar-refractivity contribution in [1.82, 2.24) is 0 Å². The maximum atomic E-state index is 13.2. The first-order valence-corrected chi connectivity index (χ1v) is 7.68. The van der Waals surface area contributed by atoms with E-state index in [9.17, 15) is 4.39 Å². The highest BCUT2D eigenvalue weighted by molar-refractivity contribution is 6.13. The van der Waals surface area contributed by atoms with Gasteiger partial charge in [-0.3, -0.25) is 0 Å². The summed E-state index contributed by atoms with van der Waals surface area (Å²) in [5.74, 6) is 1.05. The molecule has 4 rings (SSSR count). The summed E-state index contributed by atoms with van der Waals surface area (Å²) in [7, 11) is 0. The Kier molecular flexibility index (Phi) is 3.67. The zero-order valence-electron chi connectivity index (χ0n) is 12.8. The number of hydrogen-bond acceptors (Lipinski definition) is 2. The van der Waals surface area contributed by atoms with Gasteiger partial charge in [-0.05, 0) is 36.4 Å². The van der Waals surface area contributed by atoms with Crippen LogP contribution in [0, 0.1) is 5.82 Å². The van der Waals surface area contributed by atoms with Crippen molar-refractivity contribution in [2.24, 2.45) is 4.99 Å². The lowest BCUT2D eigenvalue weighted by atomic mass is 10.1. The van der Waals surface area contributed by atoms with Gasteiger partial charge in [-0.2, -0.15) is 0 Å². The Morgan fingerprint density at radius 1 is 0.708 bits per heavy atom. The van der Waals surface area contributed by atoms with Gasteiger partial charge in [-0.15, -0.1) is 0 Å². The van der Waals surface area contributed by atoms with E-state index in [0.29, 0.717) is 11.5 Å². The molecule has 0 unspecified atom stereocenters. The van der Waals surface area contributed by atoms with E-state index in [1.165, 1.54) is 12.1 Å². The number of fused-ring (bicyclic) bond motifs is 1. The van der Waals surface area contributed by atoms with Gasteiger partial charge in [-0.25, -0.2) is 9.38 Å². The second-order valence-corrected chi connectivity index (χ2v) is 5.45. The molecule has 1 aliphatic heterocycles. The van der Waals surface area contributed by atoms with Crippen LogP contribution in [0.2, 0.25) is 0 Å². The normalized spacial score (nSPS) is 13.2. The molecule has 0 bridgehead atoms. The zero-order valence-corrected chi connectivity index (χ0v) is 12.8. The van der Waals surface area contributed by atoms with Crippen LogP contribution >= 0.6 is 0 Å². The minimum absolute atomic E-state index is 0.273. The summed E-state index contributed by atoms with van der Waals surface area (Å²) in [6.07, 6.45) is 1.89. The van der Waals surface area contributed by atoms with E-state index in [0.717, 1.165) is 22.5 Å². The topological polar surface area (TPSA) is 21.6 Å². The quantitative estimate of drug-likeness (QED) is 0.622. The Labute approximate surface area is 139 Å². The molecule has 0 amide bonds. The number of aliphatic imine (C=N–C) groups is 1. The van der Waals surface area contributed by atoms with Crippen LogP contribution in [0.4, 0.5) is 10.1 Å². The van der Waals surface area contributed by atoms with Crippen molar-refractivity contribution in [3.05, 3.63) is 102 Å². The molecule has 0 spiro atoms. The Balaban J connectivity index is 1.87. The van der Waals surface area contributed by atoms with Crippen LogP contribution in [0.1, 0.15) is 11.1 Å². The predicted octanol–water partition coefficient (Wildman–Crippen LogP) is 5.38. The summed E-state index contributed by atoms with van der Waals surface area (Å²) >= 11 is 0. The fourth-order valence-corrected chi connectivity index (χ4v) is 2.58. The molecule has 1 aliphatic rings. The first-order valence-electron chi connectivity index (χ1n) is 7.68. The predicted molar refractivity (Wildman–Crippen MR) is 94.1 cm³/mol. The average molecular weight is 315 g/mol. The van der Waals surface area contributed by atoms with Crippen molar-refractivity contribution in [2.75, 3.05) is 0 Å². The fraction of sp³-hybridized carbons (Fsp3) is 0. The van der Waals surface area contributed by atoms with Crippen molar-refractivity contribution < 1.29 is 9.13 Å². The van der Waals surface area contributed by atoms with Crippen LogP contribution in [0.5, 0.6) is 5.75 Å². The zero-order chi connectivity index (χ0) is 16.4. The summed E-state index contributed by atoms with van der Waals surface area (Å²) in [5, 5.41) is 0. The van der Waals surface area contributed by atoms with E-state index < -0.39 is 0 Å². The molecular formula is C21H14FNO. The van der Waals surface area contributed by atoms with E-state index in [1.54, 1.807) is 12.1 Å². The summed E-state index contributed by atoms with van der Waals surface area (Å²) in [6.45, 7) is 0. The summed E-state index contributed by atoms with van der Waals surface area (Å²) in [4.78, 5) is 4.74. The third-order valence-electron chi connectivity index (χ3n) is 3.79. The molecule has 2 nitrogen and oxygen atoms in total. The van der Waals surface area contributed by atoms with Gasteiger partial charge in [-0.1, -0.05) is 42.5 Å². The molecule has 3 aromatic carbocycles. The fourth-order valence-electron chi connectivity index (χ4n) is 2.58. The van der Waals surface area contributed by atoms with Crippen LogP contribution in [0.3, 0.4) is 0 Å². The molecule has 0 saturated carbocycles. The lowest BCUT2D eigenvalue weighted by molar-refractivity contribution is 0.518. The van der Waals surface area contributed by atoms with Crippen LogP contribution in [0.25, 0.3) is 5.76 Å². The molecule has 0 radical (unpaired) electrons. The molecule has 0 fully saturated rings. The first-order chi connectivity index (χ1) is 11.8. The molecule has 24 heavy (non-hydrogen) atoms. The van der Waals surface area contributed by atoms with Crippen LogP contribution in [0.15, 0.2) is 89.9 Å². The molecule has 3 aromatic rings. The SMILES string of the molecule is Fc1ccc(C2=CC(c3ccccc3)=Nc3ccccc3O2)cc1. The van der Waals surface area contributed by atoms with Gasteiger partial charge < -0.3 is 4.74 Å². The summed E-state index contributed by atoms with van der Waals surface area (Å²) < 4.78 is 19.3. The van der Waals surface area contributed by atoms with Crippen molar-refractivity contribution in [3.63, 3.8) is 0 Å². The maximum absolute atomic E-state index is 13.2. The molecule has 116 valence electrons. The van der Waals surface area contributed by atoms with E-state index in [1.807, 2.05) is 60.7 Å². The van der Waals surface area contributed by atoms with Gasteiger partial charge in [0.15, 0.2) is 5.75 Å². The van der Waals surface area contributed by atoms with E-state index in [-0.39, 0.29) is 5.82 Å². The number of nitrogens with zero attached hydrogens (tertiary/aromatic N) is 1. The Morgan fingerprint density at radius 3 is 2.21 bits per heavy atom. The van der Waals surface area contributed by atoms with Crippen LogP contribution < -0.4 is 4.74 Å². The van der Waals surface area contributed by atoms with Gasteiger partial charge in [0, 0.05) is 17.2 Å². The molecule has 3 heteroatoms. The highest BCUT2D eigenvalue weighted by atomic mass is 19.1. The van der Waals surface area contributed by atoms with E-state index in [4.69, 9.17) is 9.73 Å². The lowest BCUT2D eigenvalue weighted by Crippen LogP contribution is -2.00. The van der Waals surface area contributed by atoms with Gasteiger partial charge >= 0.3 is 0 Å². The van der Waals surface area contributed by atoms with E-state index >= 15 is 0 Å². The van der Waals surface area contributed by atoms with Crippen molar-refractivity contribution in [3.8, 4) is 5.75 Å². The van der Waals surface area contributed by atoms with Crippen molar-refractivity contribution in [1.29, 1.82) is 0 Å². The molecule has 0 aromatic heterocycles. The largest absolute Gasteiger partial charge is 0.454 e. The number of halogens is 1. The maximum Gasteiger partial charge on any atom is 0.153 e. The highest BCUT2D eigenvalue weighted by Gasteiger charge is 2.15. The van der Waals surface area contributed by atoms with Crippen molar-refractivity contribution in [2.45, 2.75) is 0 Å². The monoisotopic (exact) mass is 315 g/mol. The number of benzene rings is 3. The van der Waals surface area contributed by atoms with Crippen LogP contribution in [-0.2, 0) is 0 Å². The molecule has 0 saturated heterocycles. The number of rotatable bonds is 2. The van der Waals surface area contributed by atoms with Gasteiger partial charge in [0.25, 0.3) is 0 Å². The molecule has 0 N–H and O–H groups in total. The number of hydrogen-bond donors (Lipinski definition) is 0. The Hall–Kier alpha value is -3.20. The summed E-state index contributed by atoms with van der Waals surface area (Å²) in [6, 6.07) is 23.8. The Morgan fingerprint density at radius 2 is 1.42 bits per heavy atom. The number of para-hydroxylation sites is 2. The standard InChI is InChI=1S/C21H14FNO/c22-17-12-10-16(11-13-17)21-14-19(15-6-2-1-3-7-15)23-18-8-4-5-9-20(18)24-21/h1-14H. The molecular weight excluding hydrogens is 301 g/mol. The second kappa shape index (κ2) is 6.13. The minimum atomic E-state index is -0.273. The van der Waals surface area contributed by atoms with Crippen molar-refractivity contribution >= 4 is 17.2 Å².